The maximum atomic E-state index is 15.0. The van der Waals surface area contributed by atoms with Crippen LogP contribution in [0.3, 0.4) is 0 Å². The van der Waals surface area contributed by atoms with Gasteiger partial charge in [-0.3, -0.25) is 19.2 Å². The second-order valence-corrected chi connectivity index (χ2v) is 13.6. The minimum atomic E-state index is -1.14. The molecular weight excluding hydrogens is 504 g/mol. The van der Waals surface area contributed by atoms with Gasteiger partial charge < -0.3 is 23.4 Å². The van der Waals surface area contributed by atoms with Crippen LogP contribution in [-0.2, 0) is 38.1 Å². The van der Waals surface area contributed by atoms with Gasteiger partial charge in [0, 0.05) is 40.1 Å². The normalized spacial score (nSPS) is 48.1. The third-order valence-corrected chi connectivity index (χ3v) is 12.0. The molecule has 4 heterocycles. The van der Waals surface area contributed by atoms with Crippen LogP contribution >= 0.6 is 0 Å². The van der Waals surface area contributed by atoms with Crippen LogP contribution in [0, 0.1) is 39.4 Å². The van der Waals surface area contributed by atoms with Crippen molar-refractivity contribution < 1.29 is 42.5 Å². The molecule has 3 aliphatic heterocycles. The van der Waals surface area contributed by atoms with Crippen LogP contribution in [0.5, 0.6) is 0 Å². The van der Waals surface area contributed by atoms with Crippen LogP contribution in [0.25, 0.3) is 0 Å². The fourth-order valence-corrected chi connectivity index (χ4v) is 10.1. The predicted octanol–water partition coefficient (Wildman–Crippen LogP) is 4.18. The number of Topliss-reactive ketones (excluding diaryl/α,β-unsaturated/α-hetero) is 1. The Hall–Kier alpha value is -2.68. The topological polar surface area (TPSA) is 118 Å². The quantitative estimate of drug-likeness (QED) is 0.400. The number of furan rings is 1. The lowest BCUT2D eigenvalue weighted by Crippen LogP contribution is -2.77. The number of hydrogen-bond acceptors (Lipinski definition) is 9. The van der Waals surface area contributed by atoms with Gasteiger partial charge in [0.2, 0.25) is 0 Å². The fraction of sp³-hybridized carbons (Fsp3) is 0.733. The van der Waals surface area contributed by atoms with Gasteiger partial charge in [0.25, 0.3) is 0 Å². The third-order valence-electron chi connectivity index (χ3n) is 12.0. The molecule has 9 heteroatoms. The molecule has 3 saturated heterocycles. The summed E-state index contributed by atoms with van der Waals surface area (Å²) in [6, 6.07) is 1.80. The summed E-state index contributed by atoms with van der Waals surface area (Å²) >= 11 is 0. The maximum Gasteiger partial charge on any atom is 0.309 e. The van der Waals surface area contributed by atoms with Crippen molar-refractivity contribution >= 4 is 23.7 Å². The summed E-state index contributed by atoms with van der Waals surface area (Å²) < 4.78 is 29.7. The Morgan fingerprint density at radius 2 is 1.82 bits per heavy atom. The molecule has 5 fully saturated rings. The minimum absolute atomic E-state index is 0.0662. The lowest BCUT2D eigenvalue weighted by Gasteiger charge is -2.72. The summed E-state index contributed by atoms with van der Waals surface area (Å²) in [6.45, 7) is 13.1. The van der Waals surface area contributed by atoms with Crippen LogP contribution in [0.15, 0.2) is 23.0 Å². The SMILES string of the molecule is CC(=O)O[C@H]1C(=O)[C@@]2(C)[C@@H](CC[C@@]3(C)[C@@H](c4ccoc4)OC(=O)[C@H](C)[C@@]32C)[C@@]23COC(=O)C[C@H]2OC(C)(C)[C@@H]13. The van der Waals surface area contributed by atoms with Crippen molar-refractivity contribution in [3.05, 3.63) is 24.2 Å². The molecule has 2 aliphatic carbocycles. The third kappa shape index (κ3) is 2.95. The number of carbonyl (C=O) groups excluding carboxylic acids is 4. The van der Waals surface area contributed by atoms with Gasteiger partial charge >= 0.3 is 17.9 Å². The van der Waals surface area contributed by atoms with Crippen molar-refractivity contribution in [3.63, 3.8) is 0 Å². The first kappa shape index (κ1) is 26.5. The Kier molecular flexibility index (Phi) is 5.41. The van der Waals surface area contributed by atoms with Crippen molar-refractivity contribution in [1.82, 2.24) is 0 Å². The van der Waals surface area contributed by atoms with Crippen molar-refractivity contribution in [2.45, 2.75) is 91.6 Å². The Bertz CT molecular complexity index is 1250. The van der Waals surface area contributed by atoms with E-state index in [4.69, 9.17) is 23.4 Å². The van der Waals surface area contributed by atoms with Crippen LogP contribution < -0.4 is 0 Å². The van der Waals surface area contributed by atoms with Crippen molar-refractivity contribution in [2.75, 3.05) is 6.61 Å². The average Bonchev–Trinajstić information content (AvgIpc) is 3.46. The maximum absolute atomic E-state index is 15.0. The fourth-order valence-electron chi connectivity index (χ4n) is 10.1. The van der Waals surface area contributed by atoms with Gasteiger partial charge in [0.1, 0.15) is 12.7 Å². The van der Waals surface area contributed by atoms with E-state index in [1.54, 1.807) is 18.6 Å². The van der Waals surface area contributed by atoms with Crippen molar-refractivity contribution in [2.24, 2.45) is 39.4 Å². The summed E-state index contributed by atoms with van der Waals surface area (Å²) in [5.41, 5.74) is -3.57. The molecule has 0 amide bonds. The predicted molar refractivity (Wildman–Crippen MR) is 135 cm³/mol. The molecule has 0 radical (unpaired) electrons. The molecule has 0 bridgehead atoms. The second kappa shape index (κ2) is 7.95. The summed E-state index contributed by atoms with van der Waals surface area (Å²) in [4.78, 5) is 53.6. The molecule has 5 aliphatic rings. The largest absolute Gasteiger partial charge is 0.472 e. The first-order chi connectivity index (χ1) is 18.2. The first-order valence-electron chi connectivity index (χ1n) is 13.9. The first-order valence-corrected chi connectivity index (χ1v) is 13.9. The molecule has 39 heavy (non-hydrogen) atoms. The highest BCUT2D eigenvalue weighted by Crippen LogP contribution is 2.78. The van der Waals surface area contributed by atoms with E-state index >= 15 is 4.79 Å². The van der Waals surface area contributed by atoms with Crippen LogP contribution in [0.2, 0.25) is 0 Å². The molecule has 0 N–H and O–H groups in total. The molecule has 0 unspecified atom stereocenters. The van der Waals surface area contributed by atoms with E-state index in [1.807, 2.05) is 34.6 Å². The number of ketones is 1. The monoisotopic (exact) mass is 542 g/mol. The zero-order chi connectivity index (χ0) is 28.3. The molecule has 6 rings (SSSR count). The van der Waals surface area contributed by atoms with Gasteiger partial charge in [0.15, 0.2) is 11.9 Å². The van der Waals surface area contributed by atoms with E-state index in [1.165, 1.54) is 6.92 Å². The Morgan fingerprint density at radius 1 is 1.10 bits per heavy atom. The molecule has 1 aromatic heterocycles. The van der Waals surface area contributed by atoms with Crippen LogP contribution in [0.1, 0.15) is 79.4 Å². The van der Waals surface area contributed by atoms with Crippen LogP contribution in [0.4, 0.5) is 0 Å². The van der Waals surface area contributed by atoms with Gasteiger partial charge in [-0.05, 0) is 38.7 Å². The number of carbonyl (C=O) groups is 4. The highest BCUT2D eigenvalue weighted by Gasteiger charge is 2.83. The lowest BCUT2D eigenvalue weighted by molar-refractivity contribution is -0.284. The molecule has 9 nitrogen and oxygen atoms in total. The van der Waals surface area contributed by atoms with Crippen molar-refractivity contribution in [3.8, 4) is 0 Å². The number of rotatable bonds is 2. The summed E-state index contributed by atoms with van der Waals surface area (Å²) in [5.74, 6) is -2.91. The molecule has 1 spiro atoms. The highest BCUT2D eigenvalue weighted by atomic mass is 16.6. The van der Waals surface area contributed by atoms with E-state index in [2.05, 4.69) is 6.92 Å². The zero-order valence-electron chi connectivity index (χ0n) is 23.7. The number of hydrogen-bond donors (Lipinski definition) is 0. The minimum Gasteiger partial charge on any atom is -0.472 e. The summed E-state index contributed by atoms with van der Waals surface area (Å²) in [5, 5.41) is 0. The van der Waals surface area contributed by atoms with E-state index < -0.39 is 63.4 Å². The number of cyclic esters (lactones) is 2. The van der Waals surface area contributed by atoms with E-state index in [0.29, 0.717) is 12.8 Å². The second-order valence-electron chi connectivity index (χ2n) is 13.6. The summed E-state index contributed by atoms with van der Waals surface area (Å²) in [6.07, 6.45) is 2.28. The lowest BCUT2D eigenvalue weighted by atomic mass is 9.31. The highest BCUT2D eigenvalue weighted by molar-refractivity contribution is 5.94. The molecule has 10 atom stereocenters. The van der Waals surface area contributed by atoms with Gasteiger partial charge in [-0.1, -0.05) is 27.7 Å². The van der Waals surface area contributed by atoms with Crippen molar-refractivity contribution in [1.29, 1.82) is 0 Å². The Morgan fingerprint density at radius 3 is 2.46 bits per heavy atom. The van der Waals surface area contributed by atoms with Gasteiger partial charge in [-0.2, -0.15) is 0 Å². The molecule has 1 aromatic rings. The van der Waals surface area contributed by atoms with Gasteiger partial charge in [0.05, 0.1) is 36.6 Å². The van der Waals surface area contributed by atoms with Gasteiger partial charge in [-0.15, -0.1) is 0 Å². The standard InChI is InChI=1S/C30H38O9/c1-15-25(34)38-24(17-9-11-35-13-17)27(5)10-8-18-28(6,29(15,27)7)23(33)21(37-16(2)31)22-26(3,4)39-19-12-20(32)36-14-30(18,19)22/h9,11,13,15,18-19,21-22,24H,8,10,12,14H2,1-7H3/t15-,18+,19+,21+,22+,24+,27-,28+,29-,30-/m0/s1. The summed E-state index contributed by atoms with van der Waals surface area (Å²) in [7, 11) is 0. The van der Waals surface area contributed by atoms with E-state index in [9.17, 15) is 14.4 Å². The Balaban J connectivity index is 1.61. The van der Waals surface area contributed by atoms with Gasteiger partial charge in [-0.25, -0.2) is 0 Å². The molecule has 212 valence electrons. The molecule has 2 saturated carbocycles. The Labute approximate surface area is 228 Å². The number of fused-ring (bicyclic) bond motifs is 3. The number of ether oxygens (including phenoxy) is 4. The molecular formula is C30H38O9. The smallest absolute Gasteiger partial charge is 0.309 e. The van der Waals surface area contributed by atoms with E-state index in [0.717, 1.165) is 5.56 Å². The molecule has 0 aromatic carbocycles. The van der Waals surface area contributed by atoms with Crippen LogP contribution in [-0.4, -0.2) is 48.1 Å². The number of esters is 3. The average molecular weight is 543 g/mol. The van der Waals surface area contributed by atoms with E-state index in [-0.39, 0.29) is 36.7 Å². The zero-order valence-corrected chi connectivity index (χ0v) is 23.7.